The molecule has 10 heteroatoms. The Morgan fingerprint density at radius 1 is 1.39 bits per heavy atom. The molecule has 1 aromatic carbocycles. The zero-order valence-electron chi connectivity index (χ0n) is 18.7. The number of para-hydroxylation sites is 2. The van der Waals surface area contributed by atoms with E-state index in [1.165, 1.54) is 10.5 Å². The van der Waals surface area contributed by atoms with Crippen LogP contribution < -0.4 is 0 Å². The number of fused-ring (bicyclic) bond motifs is 1. The van der Waals surface area contributed by atoms with Gasteiger partial charge in [0.25, 0.3) is 0 Å². The Kier molecular flexibility index (Phi) is 8.26. The van der Waals surface area contributed by atoms with E-state index in [2.05, 4.69) is 39.8 Å². The number of thioether (sulfide) groups is 2. The zero-order chi connectivity index (χ0) is 23.2. The standard InChI is InChI=1S/C23H28N4O4S2/c1-15-20(14-32-23-25-18-5-3-4-6-19(18)26-23)24-8-7-21(15)33-16(2)27-9-10-31-17(11-27)12-30-13-22(28)29/h3-8,16-17H,9-14H2,1-2H3,(H,25,26)(H,28,29). The molecule has 8 nitrogen and oxygen atoms in total. The normalized spacial score (nSPS) is 17.9. The predicted molar refractivity (Wildman–Crippen MR) is 130 cm³/mol. The zero-order valence-corrected chi connectivity index (χ0v) is 20.3. The largest absolute Gasteiger partial charge is 0.480 e. The van der Waals surface area contributed by atoms with E-state index < -0.39 is 5.97 Å². The second-order valence-electron chi connectivity index (χ2n) is 7.84. The number of nitrogens with one attached hydrogen (secondary N) is 1. The average molecular weight is 489 g/mol. The molecule has 2 aromatic heterocycles. The Bertz CT molecular complexity index is 1060. The van der Waals surface area contributed by atoms with Crippen LogP contribution in [0.3, 0.4) is 0 Å². The molecular weight excluding hydrogens is 460 g/mol. The van der Waals surface area contributed by atoms with Gasteiger partial charge < -0.3 is 19.6 Å². The molecule has 0 bridgehead atoms. The summed E-state index contributed by atoms with van der Waals surface area (Å²) in [6.07, 6.45) is 1.76. The minimum Gasteiger partial charge on any atom is -0.480 e. The van der Waals surface area contributed by atoms with Crippen molar-refractivity contribution >= 4 is 40.5 Å². The summed E-state index contributed by atoms with van der Waals surface area (Å²) < 4.78 is 11.0. The number of rotatable bonds is 10. The van der Waals surface area contributed by atoms with Gasteiger partial charge in [0, 0.05) is 29.9 Å². The van der Waals surface area contributed by atoms with Gasteiger partial charge in [0.15, 0.2) is 5.16 Å². The Labute approximate surface area is 201 Å². The third-order valence-corrected chi connectivity index (χ3v) is 7.70. The fourth-order valence-corrected chi connectivity index (χ4v) is 5.73. The molecule has 1 aliphatic heterocycles. The number of carboxylic acid groups (broad SMARTS) is 1. The molecule has 0 saturated carbocycles. The number of aromatic amines is 1. The minimum atomic E-state index is -0.964. The quantitative estimate of drug-likeness (QED) is 0.413. The van der Waals surface area contributed by atoms with Crippen LogP contribution in [-0.4, -0.2) is 75.3 Å². The number of carbonyl (C=O) groups is 1. The number of H-pyrrole nitrogens is 1. The van der Waals surface area contributed by atoms with Gasteiger partial charge in [0.2, 0.25) is 0 Å². The number of pyridine rings is 1. The van der Waals surface area contributed by atoms with Gasteiger partial charge in [0.05, 0.1) is 41.4 Å². The third-order valence-electron chi connectivity index (χ3n) is 5.48. The van der Waals surface area contributed by atoms with Crippen LogP contribution in [0.4, 0.5) is 0 Å². The highest BCUT2D eigenvalue weighted by molar-refractivity contribution is 8.00. The first kappa shape index (κ1) is 24.0. The molecule has 3 aromatic rings. The Morgan fingerprint density at radius 2 is 2.24 bits per heavy atom. The first-order chi connectivity index (χ1) is 16.0. The molecule has 0 amide bonds. The number of imidazole rings is 1. The molecule has 0 spiro atoms. The van der Waals surface area contributed by atoms with E-state index in [0.717, 1.165) is 34.2 Å². The van der Waals surface area contributed by atoms with Crippen molar-refractivity contribution in [1.29, 1.82) is 0 Å². The van der Waals surface area contributed by atoms with Crippen LogP contribution in [0.15, 0.2) is 46.6 Å². The number of aromatic nitrogens is 3. The highest BCUT2D eigenvalue weighted by Gasteiger charge is 2.25. The Hall–Kier alpha value is -2.11. The number of nitrogens with zero attached hydrogens (tertiary/aromatic N) is 3. The van der Waals surface area contributed by atoms with Crippen molar-refractivity contribution in [2.24, 2.45) is 0 Å². The van der Waals surface area contributed by atoms with E-state index in [-0.39, 0.29) is 24.7 Å². The van der Waals surface area contributed by atoms with Gasteiger partial charge in [-0.2, -0.15) is 0 Å². The summed E-state index contributed by atoms with van der Waals surface area (Å²) in [7, 11) is 0. The Balaban J connectivity index is 1.34. The van der Waals surface area contributed by atoms with Crippen LogP contribution in [-0.2, 0) is 20.0 Å². The summed E-state index contributed by atoms with van der Waals surface area (Å²) in [6, 6.07) is 10.1. The van der Waals surface area contributed by atoms with Crippen molar-refractivity contribution in [3.63, 3.8) is 0 Å². The molecule has 1 aliphatic rings. The van der Waals surface area contributed by atoms with Crippen LogP contribution >= 0.6 is 23.5 Å². The number of aliphatic carboxylic acids is 1. The Morgan fingerprint density at radius 3 is 3.06 bits per heavy atom. The number of hydrogen-bond donors (Lipinski definition) is 2. The van der Waals surface area contributed by atoms with Crippen LogP contribution in [0, 0.1) is 6.92 Å². The van der Waals surface area contributed by atoms with Crippen LogP contribution in [0.25, 0.3) is 11.0 Å². The van der Waals surface area contributed by atoms with Crippen molar-refractivity contribution in [2.75, 3.05) is 32.9 Å². The molecule has 176 valence electrons. The smallest absolute Gasteiger partial charge is 0.329 e. The summed E-state index contributed by atoms with van der Waals surface area (Å²) >= 11 is 3.47. The van der Waals surface area contributed by atoms with Gasteiger partial charge in [-0.3, -0.25) is 9.88 Å². The molecule has 2 atom stereocenters. The SMILES string of the molecule is Cc1c(SC(C)N2CCOC(COCC(=O)O)C2)ccnc1CSc1nc2ccccc2[nH]1. The molecule has 0 radical (unpaired) electrons. The van der Waals surface area contributed by atoms with E-state index in [4.69, 9.17) is 14.6 Å². The second-order valence-corrected chi connectivity index (χ2v) is 10.2. The van der Waals surface area contributed by atoms with Crippen LogP contribution in [0.1, 0.15) is 18.2 Å². The van der Waals surface area contributed by atoms with E-state index in [0.29, 0.717) is 13.2 Å². The molecule has 33 heavy (non-hydrogen) atoms. The van der Waals surface area contributed by atoms with Gasteiger partial charge in [0.1, 0.15) is 6.61 Å². The van der Waals surface area contributed by atoms with Crippen LogP contribution in [0.2, 0.25) is 0 Å². The molecule has 3 heterocycles. The average Bonchev–Trinajstić information content (AvgIpc) is 3.22. The van der Waals surface area contributed by atoms with E-state index in [1.807, 2.05) is 42.2 Å². The maximum absolute atomic E-state index is 10.7. The molecule has 4 rings (SSSR count). The molecule has 1 fully saturated rings. The third kappa shape index (κ3) is 6.48. The predicted octanol–water partition coefficient (Wildman–Crippen LogP) is 3.80. The van der Waals surface area contributed by atoms with Gasteiger partial charge in [-0.25, -0.2) is 9.78 Å². The number of carboxylic acids is 1. The second kappa shape index (κ2) is 11.3. The number of ether oxygens (including phenoxy) is 2. The monoisotopic (exact) mass is 488 g/mol. The van der Waals surface area contributed by atoms with Crippen molar-refractivity contribution < 1.29 is 19.4 Å². The summed E-state index contributed by atoms with van der Waals surface area (Å²) in [4.78, 5) is 26.8. The topological polar surface area (TPSA) is 101 Å². The lowest BCUT2D eigenvalue weighted by molar-refractivity contribution is -0.144. The summed E-state index contributed by atoms with van der Waals surface area (Å²) in [5, 5.41) is 9.88. The van der Waals surface area contributed by atoms with Gasteiger partial charge in [-0.05, 0) is 37.6 Å². The van der Waals surface area contributed by atoms with E-state index in [9.17, 15) is 4.79 Å². The number of morpholine rings is 1. The fraction of sp³-hybridized carbons (Fsp3) is 0.435. The number of hydrogen-bond acceptors (Lipinski definition) is 8. The van der Waals surface area contributed by atoms with E-state index in [1.54, 1.807) is 11.8 Å². The lowest BCUT2D eigenvalue weighted by atomic mass is 10.2. The molecule has 1 saturated heterocycles. The van der Waals surface area contributed by atoms with Crippen molar-refractivity contribution in [3.05, 3.63) is 47.8 Å². The van der Waals surface area contributed by atoms with Gasteiger partial charge in [-0.15, -0.1) is 11.8 Å². The molecule has 0 aliphatic carbocycles. The van der Waals surface area contributed by atoms with Crippen molar-refractivity contribution in [2.45, 2.75) is 41.1 Å². The lowest BCUT2D eigenvalue weighted by Crippen LogP contribution is -2.47. The molecule has 2 N–H and O–H groups in total. The summed E-state index contributed by atoms with van der Waals surface area (Å²) in [5.74, 6) is -0.219. The summed E-state index contributed by atoms with van der Waals surface area (Å²) in [6.45, 7) is 6.47. The maximum atomic E-state index is 10.7. The first-order valence-corrected chi connectivity index (χ1v) is 12.7. The maximum Gasteiger partial charge on any atom is 0.329 e. The van der Waals surface area contributed by atoms with Crippen LogP contribution in [0.5, 0.6) is 0 Å². The van der Waals surface area contributed by atoms with Gasteiger partial charge in [-0.1, -0.05) is 23.9 Å². The molecular formula is C23H28N4O4S2. The van der Waals surface area contributed by atoms with E-state index >= 15 is 0 Å². The number of benzene rings is 1. The summed E-state index contributed by atoms with van der Waals surface area (Å²) in [5.41, 5.74) is 4.26. The first-order valence-electron chi connectivity index (χ1n) is 10.8. The molecule has 2 unspecified atom stereocenters. The highest BCUT2D eigenvalue weighted by Crippen LogP contribution is 2.32. The van der Waals surface area contributed by atoms with Crippen molar-refractivity contribution in [1.82, 2.24) is 19.9 Å². The fourth-order valence-electron chi connectivity index (χ4n) is 3.68. The van der Waals surface area contributed by atoms with Crippen molar-refractivity contribution in [3.8, 4) is 0 Å². The van der Waals surface area contributed by atoms with Gasteiger partial charge >= 0.3 is 5.97 Å². The minimum absolute atomic E-state index is 0.115. The lowest BCUT2D eigenvalue weighted by Gasteiger charge is -2.36. The highest BCUT2D eigenvalue weighted by atomic mass is 32.2.